The van der Waals surface area contributed by atoms with Gasteiger partial charge in [0, 0.05) is 5.69 Å². The van der Waals surface area contributed by atoms with Crippen LogP contribution in [0.1, 0.15) is 5.56 Å². The van der Waals surface area contributed by atoms with Gasteiger partial charge in [0.25, 0.3) is 0 Å². The quantitative estimate of drug-likeness (QED) is 0.797. The summed E-state index contributed by atoms with van der Waals surface area (Å²) in [7, 11) is 0. The standard InChI is InChI=1S/C15H11Cl2F3N2O/c16-11-2-1-3-12(17)14(11)22-13(23)8-21-10-6-4-9(5-7-10)15(18,19)20/h1-7,21H,8H2,(H,22,23). The molecule has 2 aromatic rings. The third-order valence-corrected chi connectivity index (χ3v) is 3.52. The van der Waals surface area contributed by atoms with Crippen LogP contribution in [0.15, 0.2) is 42.5 Å². The van der Waals surface area contributed by atoms with Crippen molar-refractivity contribution in [3.8, 4) is 0 Å². The molecule has 23 heavy (non-hydrogen) atoms. The minimum Gasteiger partial charge on any atom is -0.376 e. The Labute approximate surface area is 140 Å². The number of hydrogen-bond donors (Lipinski definition) is 2. The van der Waals surface area contributed by atoms with Gasteiger partial charge < -0.3 is 10.6 Å². The van der Waals surface area contributed by atoms with Crippen LogP contribution >= 0.6 is 23.2 Å². The number of carbonyl (C=O) groups is 1. The number of nitrogens with one attached hydrogen (secondary N) is 2. The Bertz CT molecular complexity index is 683. The molecule has 0 aromatic heterocycles. The maximum absolute atomic E-state index is 12.4. The van der Waals surface area contributed by atoms with Crippen molar-refractivity contribution in [2.75, 3.05) is 17.2 Å². The van der Waals surface area contributed by atoms with Gasteiger partial charge in [0.1, 0.15) is 0 Å². The van der Waals surface area contributed by atoms with Crippen LogP contribution in [-0.4, -0.2) is 12.5 Å². The molecule has 0 saturated heterocycles. The van der Waals surface area contributed by atoms with Crippen LogP contribution in [0, 0.1) is 0 Å². The second kappa shape index (κ2) is 7.10. The van der Waals surface area contributed by atoms with Gasteiger partial charge in [-0.1, -0.05) is 29.3 Å². The summed E-state index contributed by atoms with van der Waals surface area (Å²) in [6.07, 6.45) is -4.39. The Kier molecular flexibility index (Phi) is 5.38. The molecule has 8 heteroatoms. The fourth-order valence-electron chi connectivity index (χ4n) is 1.76. The molecular weight excluding hydrogens is 352 g/mol. The van der Waals surface area contributed by atoms with E-state index in [-0.39, 0.29) is 12.2 Å². The van der Waals surface area contributed by atoms with Crippen molar-refractivity contribution in [2.45, 2.75) is 6.18 Å². The van der Waals surface area contributed by atoms with Crippen LogP contribution in [0.4, 0.5) is 24.5 Å². The molecule has 1 amide bonds. The molecule has 2 aromatic carbocycles. The highest BCUT2D eigenvalue weighted by molar-refractivity contribution is 6.39. The number of alkyl halides is 3. The number of carbonyl (C=O) groups excluding carboxylic acids is 1. The highest BCUT2D eigenvalue weighted by atomic mass is 35.5. The van der Waals surface area contributed by atoms with Gasteiger partial charge in [-0.05, 0) is 36.4 Å². The first kappa shape index (κ1) is 17.4. The molecule has 0 radical (unpaired) electrons. The number of rotatable bonds is 4. The van der Waals surface area contributed by atoms with E-state index in [0.717, 1.165) is 12.1 Å². The first-order valence-corrected chi connectivity index (χ1v) is 7.18. The molecule has 122 valence electrons. The van der Waals surface area contributed by atoms with E-state index in [9.17, 15) is 18.0 Å². The molecule has 3 nitrogen and oxygen atoms in total. The van der Waals surface area contributed by atoms with Crippen molar-refractivity contribution < 1.29 is 18.0 Å². The molecule has 0 bridgehead atoms. The summed E-state index contributed by atoms with van der Waals surface area (Å²) in [6.45, 7) is -0.146. The van der Waals surface area contributed by atoms with Gasteiger partial charge in [-0.15, -0.1) is 0 Å². The van der Waals surface area contributed by atoms with Crippen molar-refractivity contribution >= 4 is 40.5 Å². The largest absolute Gasteiger partial charge is 0.416 e. The van der Waals surface area contributed by atoms with Gasteiger partial charge in [-0.3, -0.25) is 4.79 Å². The number of halogens is 5. The Hall–Kier alpha value is -1.92. The Morgan fingerprint density at radius 3 is 2.09 bits per heavy atom. The lowest BCUT2D eigenvalue weighted by Crippen LogP contribution is -2.22. The average molecular weight is 363 g/mol. The van der Waals surface area contributed by atoms with Crippen LogP contribution in [0.5, 0.6) is 0 Å². The lowest BCUT2D eigenvalue weighted by Gasteiger charge is -2.11. The van der Waals surface area contributed by atoms with Gasteiger partial charge in [-0.2, -0.15) is 13.2 Å². The van der Waals surface area contributed by atoms with Gasteiger partial charge in [0.05, 0.1) is 27.8 Å². The molecule has 0 saturated carbocycles. The van der Waals surface area contributed by atoms with E-state index in [0.29, 0.717) is 15.7 Å². The van der Waals surface area contributed by atoms with E-state index in [1.165, 1.54) is 12.1 Å². The number of benzene rings is 2. The van der Waals surface area contributed by atoms with Crippen LogP contribution in [0.3, 0.4) is 0 Å². The number of hydrogen-bond acceptors (Lipinski definition) is 2. The fraction of sp³-hybridized carbons (Fsp3) is 0.133. The summed E-state index contributed by atoms with van der Waals surface area (Å²) in [5, 5.41) is 5.84. The predicted molar refractivity (Wildman–Crippen MR) is 85.0 cm³/mol. The van der Waals surface area contributed by atoms with Crippen molar-refractivity contribution in [3.63, 3.8) is 0 Å². The van der Waals surface area contributed by atoms with Crippen LogP contribution < -0.4 is 10.6 Å². The van der Waals surface area contributed by atoms with Gasteiger partial charge in [-0.25, -0.2) is 0 Å². The number of amides is 1. The second-order valence-corrected chi connectivity index (χ2v) is 5.39. The lowest BCUT2D eigenvalue weighted by atomic mass is 10.2. The summed E-state index contributed by atoms with van der Waals surface area (Å²) in [6, 6.07) is 9.16. The molecule has 0 aliphatic heterocycles. The lowest BCUT2D eigenvalue weighted by molar-refractivity contribution is -0.137. The highest BCUT2D eigenvalue weighted by Gasteiger charge is 2.29. The van der Waals surface area contributed by atoms with Crippen molar-refractivity contribution in [1.82, 2.24) is 0 Å². The molecule has 0 atom stereocenters. The summed E-state index contributed by atoms with van der Waals surface area (Å²) in [5.74, 6) is -0.431. The van der Waals surface area contributed by atoms with Crippen LogP contribution in [0.25, 0.3) is 0 Å². The van der Waals surface area contributed by atoms with Crippen molar-refractivity contribution in [3.05, 3.63) is 58.1 Å². The third kappa shape index (κ3) is 4.77. The summed E-state index contributed by atoms with van der Waals surface area (Å²) >= 11 is 11.8. The third-order valence-electron chi connectivity index (χ3n) is 2.89. The van der Waals surface area contributed by atoms with E-state index in [4.69, 9.17) is 23.2 Å². The topological polar surface area (TPSA) is 41.1 Å². The van der Waals surface area contributed by atoms with E-state index in [2.05, 4.69) is 10.6 Å². The molecular formula is C15H11Cl2F3N2O. The second-order valence-electron chi connectivity index (χ2n) is 4.57. The maximum atomic E-state index is 12.4. The normalized spacial score (nSPS) is 11.2. The molecule has 0 spiro atoms. The fourth-order valence-corrected chi connectivity index (χ4v) is 2.25. The first-order valence-electron chi connectivity index (χ1n) is 6.42. The average Bonchev–Trinajstić information content (AvgIpc) is 2.48. The molecule has 0 fully saturated rings. The maximum Gasteiger partial charge on any atom is 0.416 e. The van der Waals surface area contributed by atoms with Crippen LogP contribution in [-0.2, 0) is 11.0 Å². The molecule has 0 unspecified atom stereocenters. The highest BCUT2D eigenvalue weighted by Crippen LogP contribution is 2.30. The molecule has 0 aliphatic carbocycles. The minimum atomic E-state index is -4.39. The van der Waals surface area contributed by atoms with Crippen LogP contribution in [0.2, 0.25) is 10.0 Å². The molecule has 2 rings (SSSR count). The predicted octanol–water partition coefficient (Wildman–Crippen LogP) is 5.06. The van der Waals surface area contributed by atoms with E-state index in [1.54, 1.807) is 18.2 Å². The summed E-state index contributed by atoms with van der Waals surface area (Å²) < 4.78 is 37.3. The van der Waals surface area contributed by atoms with E-state index >= 15 is 0 Å². The van der Waals surface area contributed by atoms with Crippen molar-refractivity contribution in [2.24, 2.45) is 0 Å². The number of para-hydroxylation sites is 1. The first-order chi connectivity index (χ1) is 10.8. The van der Waals surface area contributed by atoms with Crippen molar-refractivity contribution in [1.29, 1.82) is 0 Å². The Balaban J connectivity index is 1.94. The summed E-state index contributed by atoms with van der Waals surface area (Å²) in [5.41, 5.74) is -0.0798. The van der Waals surface area contributed by atoms with E-state index < -0.39 is 17.6 Å². The van der Waals surface area contributed by atoms with Gasteiger partial charge in [0.15, 0.2) is 0 Å². The zero-order valence-electron chi connectivity index (χ0n) is 11.5. The molecule has 2 N–H and O–H groups in total. The zero-order valence-corrected chi connectivity index (χ0v) is 13.1. The Morgan fingerprint density at radius 1 is 1.00 bits per heavy atom. The Morgan fingerprint density at radius 2 is 1.57 bits per heavy atom. The number of anilines is 2. The zero-order chi connectivity index (χ0) is 17.0. The summed E-state index contributed by atoms with van der Waals surface area (Å²) in [4.78, 5) is 11.8. The molecule has 0 heterocycles. The monoisotopic (exact) mass is 362 g/mol. The minimum absolute atomic E-state index is 0.146. The smallest absolute Gasteiger partial charge is 0.376 e. The van der Waals surface area contributed by atoms with E-state index in [1.807, 2.05) is 0 Å². The molecule has 0 aliphatic rings. The SMILES string of the molecule is O=C(CNc1ccc(C(F)(F)F)cc1)Nc1c(Cl)cccc1Cl. The van der Waals surface area contributed by atoms with Gasteiger partial charge >= 0.3 is 6.18 Å². The van der Waals surface area contributed by atoms with Gasteiger partial charge in [0.2, 0.25) is 5.91 Å².